The van der Waals surface area contributed by atoms with Crippen LogP contribution in [0.2, 0.25) is 0 Å². The number of thiophene rings is 1. The molecule has 1 N–H and O–H groups in total. The van der Waals surface area contributed by atoms with E-state index in [0.717, 1.165) is 17.7 Å². The number of carbonyl (C=O) groups excluding carboxylic acids is 2. The lowest BCUT2D eigenvalue weighted by Crippen LogP contribution is -2.39. The summed E-state index contributed by atoms with van der Waals surface area (Å²) in [6, 6.07) is 2.03. The Kier molecular flexibility index (Phi) is 5.62. The molecule has 0 unspecified atom stereocenters. The second-order valence-electron chi connectivity index (χ2n) is 6.53. The van der Waals surface area contributed by atoms with Crippen molar-refractivity contribution >= 4 is 23.2 Å². The second kappa shape index (κ2) is 7.27. The molecule has 22 heavy (non-hydrogen) atoms. The van der Waals surface area contributed by atoms with Crippen molar-refractivity contribution in [1.82, 2.24) is 5.32 Å². The fourth-order valence-corrected chi connectivity index (χ4v) is 3.86. The molecule has 2 rings (SSSR count). The minimum absolute atomic E-state index is 0.0891. The van der Waals surface area contributed by atoms with Gasteiger partial charge in [-0.3, -0.25) is 9.59 Å². The number of fused-ring (bicyclic) bond motifs is 1. The van der Waals surface area contributed by atoms with Crippen molar-refractivity contribution in [2.24, 2.45) is 5.41 Å². The van der Waals surface area contributed by atoms with Crippen LogP contribution in [0.25, 0.3) is 0 Å². The highest BCUT2D eigenvalue weighted by molar-refractivity contribution is 7.14. The lowest BCUT2D eigenvalue weighted by atomic mass is 9.94. The maximum absolute atomic E-state index is 12.3. The van der Waals surface area contributed by atoms with E-state index in [1.165, 1.54) is 43.2 Å². The maximum Gasteiger partial charge on any atom is 0.313 e. The first kappa shape index (κ1) is 17.0. The predicted molar refractivity (Wildman–Crippen MR) is 88.3 cm³/mol. The van der Waals surface area contributed by atoms with Crippen molar-refractivity contribution < 1.29 is 14.3 Å². The summed E-state index contributed by atoms with van der Waals surface area (Å²) >= 11 is 1.60. The molecule has 0 saturated carbocycles. The van der Waals surface area contributed by atoms with Crippen LogP contribution >= 0.6 is 11.3 Å². The van der Waals surface area contributed by atoms with E-state index < -0.39 is 5.41 Å². The summed E-state index contributed by atoms with van der Waals surface area (Å²) < 4.78 is 4.76. The molecule has 1 heterocycles. The highest BCUT2D eigenvalue weighted by atomic mass is 32.1. The van der Waals surface area contributed by atoms with Crippen molar-refractivity contribution in [3.63, 3.8) is 0 Å². The number of aryl methyl sites for hydroxylation is 2. The first-order chi connectivity index (χ1) is 10.4. The van der Waals surface area contributed by atoms with Crippen LogP contribution in [0.3, 0.4) is 0 Å². The number of ether oxygens (including phenoxy) is 1. The summed E-state index contributed by atoms with van der Waals surface area (Å²) in [6.07, 6.45) is 7.15. The van der Waals surface area contributed by atoms with Gasteiger partial charge >= 0.3 is 5.97 Å². The molecule has 0 aliphatic heterocycles. The quantitative estimate of drug-likeness (QED) is 0.865. The molecule has 4 nitrogen and oxygen atoms in total. The Labute approximate surface area is 136 Å². The van der Waals surface area contributed by atoms with Crippen molar-refractivity contribution in [2.75, 3.05) is 13.7 Å². The van der Waals surface area contributed by atoms with Gasteiger partial charge in [-0.25, -0.2) is 0 Å². The van der Waals surface area contributed by atoms with Crippen LogP contribution in [0.15, 0.2) is 6.07 Å². The fraction of sp³-hybridized carbons (Fsp3) is 0.647. The standard InChI is InChI=1S/C17H25NO3S/c1-17(2,16(20)21-3)11-18-15(19)14-10-12-8-6-4-5-7-9-13(12)22-14/h10H,4-9,11H2,1-3H3,(H,18,19). The molecule has 0 atom stereocenters. The molecule has 0 radical (unpaired) electrons. The summed E-state index contributed by atoms with van der Waals surface area (Å²) in [4.78, 5) is 26.1. The molecule has 1 aliphatic rings. The lowest BCUT2D eigenvalue weighted by Gasteiger charge is -2.21. The zero-order chi connectivity index (χ0) is 16.2. The lowest BCUT2D eigenvalue weighted by molar-refractivity contribution is -0.150. The molecule has 0 aromatic carbocycles. The molecule has 0 fully saturated rings. The Bertz CT molecular complexity index is 523. The van der Waals surface area contributed by atoms with Crippen molar-refractivity contribution in [1.29, 1.82) is 0 Å². The molecular formula is C17H25NO3S. The van der Waals surface area contributed by atoms with E-state index in [9.17, 15) is 9.59 Å². The first-order valence-corrected chi connectivity index (χ1v) is 8.74. The SMILES string of the molecule is COC(=O)C(C)(C)CNC(=O)c1cc2c(s1)CCCCCC2. The van der Waals surface area contributed by atoms with Crippen LogP contribution < -0.4 is 5.32 Å². The Morgan fingerprint density at radius 2 is 1.91 bits per heavy atom. The number of rotatable bonds is 4. The number of esters is 1. The molecule has 1 amide bonds. The van der Waals surface area contributed by atoms with Gasteiger partial charge in [0.15, 0.2) is 0 Å². The Hall–Kier alpha value is -1.36. The maximum atomic E-state index is 12.3. The normalized spacial score (nSPS) is 15.4. The van der Waals surface area contributed by atoms with Crippen molar-refractivity contribution in [3.05, 3.63) is 21.4 Å². The van der Waals surface area contributed by atoms with Gasteiger partial charge in [0, 0.05) is 11.4 Å². The van der Waals surface area contributed by atoms with Gasteiger partial charge in [0.05, 0.1) is 17.4 Å². The third-order valence-electron chi connectivity index (χ3n) is 4.15. The molecule has 0 bridgehead atoms. The van der Waals surface area contributed by atoms with Gasteiger partial charge in [-0.05, 0) is 51.2 Å². The van der Waals surface area contributed by atoms with E-state index in [1.54, 1.807) is 25.2 Å². The van der Waals surface area contributed by atoms with Crippen LogP contribution in [0.5, 0.6) is 0 Å². The summed E-state index contributed by atoms with van der Waals surface area (Å²) in [5.41, 5.74) is 0.623. The predicted octanol–water partition coefficient (Wildman–Crippen LogP) is 3.34. The summed E-state index contributed by atoms with van der Waals surface area (Å²) in [5, 5.41) is 2.87. The molecule has 1 aliphatic carbocycles. The second-order valence-corrected chi connectivity index (χ2v) is 7.67. The number of nitrogens with one attached hydrogen (secondary N) is 1. The molecule has 0 spiro atoms. The number of hydrogen-bond donors (Lipinski definition) is 1. The monoisotopic (exact) mass is 323 g/mol. The van der Waals surface area contributed by atoms with Crippen molar-refractivity contribution in [2.45, 2.75) is 52.4 Å². The van der Waals surface area contributed by atoms with Gasteiger partial charge in [0.25, 0.3) is 5.91 Å². The van der Waals surface area contributed by atoms with E-state index in [1.807, 2.05) is 6.07 Å². The van der Waals surface area contributed by atoms with Gasteiger partial charge in [-0.15, -0.1) is 11.3 Å². The third-order valence-corrected chi connectivity index (χ3v) is 5.39. The molecule has 122 valence electrons. The topological polar surface area (TPSA) is 55.4 Å². The van der Waals surface area contributed by atoms with Gasteiger partial charge < -0.3 is 10.1 Å². The van der Waals surface area contributed by atoms with Gasteiger partial charge in [-0.2, -0.15) is 0 Å². The first-order valence-electron chi connectivity index (χ1n) is 7.92. The zero-order valence-electron chi connectivity index (χ0n) is 13.7. The minimum Gasteiger partial charge on any atom is -0.469 e. The van der Waals surface area contributed by atoms with E-state index in [-0.39, 0.29) is 18.4 Å². The molecule has 1 aromatic heterocycles. The van der Waals surface area contributed by atoms with E-state index in [4.69, 9.17) is 4.74 Å². The molecule has 0 saturated heterocycles. The largest absolute Gasteiger partial charge is 0.469 e. The third kappa shape index (κ3) is 4.09. The fourth-order valence-electron chi connectivity index (χ4n) is 2.69. The molecule has 5 heteroatoms. The highest BCUT2D eigenvalue weighted by Crippen LogP contribution is 2.28. The van der Waals surface area contributed by atoms with Crippen LogP contribution in [0.1, 0.15) is 59.6 Å². The zero-order valence-corrected chi connectivity index (χ0v) is 14.5. The minimum atomic E-state index is -0.712. The van der Waals surface area contributed by atoms with Crippen LogP contribution in [-0.2, 0) is 22.4 Å². The Balaban J connectivity index is 2.01. The summed E-state index contributed by atoms with van der Waals surface area (Å²) in [7, 11) is 1.37. The van der Waals surface area contributed by atoms with Gasteiger partial charge in [-0.1, -0.05) is 12.8 Å². The number of hydrogen-bond acceptors (Lipinski definition) is 4. The number of carbonyl (C=O) groups is 2. The van der Waals surface area contributed by atoms with Crippen LogP contribution in [0.4, 0.5) is 0 Å². The number of amides is 1. The average Bonchev–Trinajstić information content (AvgIpc) is 2.86. The van der Waals surface area contributed by atoms with E-state index in [2.05, 4.69) is 5.32 Å². The van der Waals surface area contributed by atoms with E-state index >= 15 is 0 Å². The molecule has 1 aromatic rings. The number of methoxy groups -OCH3 is 1. The average molecular weight is 323 g/mol. The highest BCUT2D eigenvalue weighted by Gasteiger charge is 2.29. The van der Waals surface area contributed by atoms with Gasteiger partial charge in [0.2, 0.25) is 0 Å². The summed E-state index contributed by atoms with van der Waals surface area (Å²) in [5.74, 6) is -0.403. The smallest absolute Gasteiger partial charge is 0.313 e. The Morgan fingerprint density at radius 3 is 2.59 bits per heavy atom. The van der Waals surface area contributed by atoms with E-state index in [0.29, 0.717) is 0 Å². The van der Waals surface area contributed by atoms with Gasteiger partial charge in [0.1, 0.15) is 0 Å². The summed E-state index contributed by atoms with van der Waals surface area (Å²) in [6.45, 7) is 3.82. The molecular weight excluding hydrogens is 298 g/mol. The van der Waals surface area contributed by atoms with Crippen LogP contribution in [-0.4, -0.2) is 25.5 Å². The van der Waals surface area contributed by atoms with Crippen molar-refractivity contribution in [3.8, 4) is 0 Å². The Morgan fingerprint density at radius 1 is 1.23 bits per heavy atom. The van der Waals surface area contributed by atoms with Crippen LogP contribution in [0, 0.1) is 5.41 Å².